The normalized spacial score (nSPS) is 26.7. The fourth-order valence-corrected chi connectivity index (χ4v) is 1.23. The van der Waals surface area contributed by atoms with Crippen LogP contribution in [-0.4, -0.2) is 29.7 Å². The van der Waals surface area contributed by atoms with E-state index in [-0.39, 0.29) is 12.1 Å². The van der Waals surface area contributed by atoms with Gasteiger partial charge in [-0.15, -0.1) is 0 Å². The van der Waals surface area contributed by atoms with E-state index < -0.39 is 17.6 Å². The number of urea groups is 1. The Balaban J connectivity index is 2.58. The molecule has 0 spiro atoms. The van der Waals surface area contributed by atoms with Crippen LogP contribution in [0.2, 0.25) is 0 Å². The predicted octanol–water partition coefficient (Wildman–Crippen LogP) is 0.398. The van der Waals surface area contributed by atoms with Gasteiger partial charge in [-0.25, -0.2) is 9.59 Å². The zero-order chi connectivity index (χ0) is 10.9. The van der Waals surface area contributed by atoms with Gasteiger partial charge in [-0.1, -0.05) is 0 Å². The first-order chi connectivity index (χ1) is 6.29. The molecule has 2 N–H and O–H groups in total. The molecule has 0 aromatic heterocycles. The highest BCUT2D eigenvalue weighted by atomic mass is 16.6. The molecule has 1 rings (SSSR count). The summed E-state index contributed by atoms with van der Waals surface area (Å²) in [7, 11) is 0. The van der Waals surface area contributed by atoms with Crippen molar-refractivity contribution in [1.29, 1.82) is 0 Å². The molecule has 14 heavy (non-hydrogen) atoms. The van der Waals surface area contributed by atoms with Gasteiger partial charge in [0.25, 0.3) is 0 Å². The highest BCUT2D eigenvalue weighted by molar-refractivity contribution is 5.88. The standard InChI is InChI=1S/C9H16N2O3/c1-5-6(11-8(13)10-5)7(12)14-9(2,3)4/h5-6H,1-4H3,(H2,10,11,13)/t5-,6+/m0/s1. The minimum Gasteiger partial charge on any atom is -0.458 e. The number of nitrogens with one attached hydrogen (secondary N) is 2. The molecule has 0 bridgehead atoms. The third kappa shape index (κ3) is 2.61. The molecule has 80 valence electrons. The molecule has 5 nitrogen and oxygen atoms in total. The van der Waals surface area contributed by atoms with E-state index in [1.165, 1.54) is 0 Å². The van der Waals surface area contributed by atoms with Crippen molar-refractivity contribution in [2.75, 3.05) is 0 Å². The van der Waals surface area contributed by atoms with Gasteiger partial charge in [0.05, 0.1) is 6.04 Å². The lowest BCUT2D eigenvalue weighted by Crippen LogP contribution is -2.43. The third-order valence-electron chi connectivity index (χ3n) is 1.81. The Kier molecular flexibility index (Phi) is 2.69. The molecule has 0 aromatic carbocycles. The highest BCUT2D eigenvalue weighted by Crippen LogP contribution is 2.11. The molecule has 0 aromatic rings. The molecule has 2 amide bonds. The lowest BCUT2D eigenvalue weighted by atomic mass is 10.1. The van der Waals surface area contributed by atoms with Crippen molar-refractivity contribution in [2.24, 2.45) is 0 Å². The Morgan fingerprint density at radius 2 is 1.93 bits per heavy atom. The third-order valence-corrected chi connectivity index (χ3v) is 1.81. The van der Waals surface area contributed by atoms with Gasteiger partial charge in [-0.05, 0) is 27.7 Å². The average molecular weight is 200 g/mol. The van der Waals surface area contributed by atoms with Crippen LogP contribution >= 0.6 is 0 Å². The Morgan fingerprint density at radius 3 is 2.29 bits per heavy atom. The van der Waals surface area contributed by atoms with Gasteiger partial charge in [0.2, 0.25) is 0 Å². The molecule has 1 fully saturated rings. The molecule has 2 atom stereocenters. The van der Waals surface area contributed by atoms with E-state index in [1.807, 2.05) is 0 Å². The van der Waals surface area contributed by atoms with Crippen molar-refractivity contribution >= 4 is 12.0 Å². The van der Waals surface area contributed by atoms with E-state index in [4.69, 9.17) is 4.74 Å². The Labute approximate surface area is 83.2 Å². The second-order valence-electron chi connectivity index (χ2n) is 4.42. The maximum absolute atomic E-state index is 11.5. The number of hydrogen-bond acceptors (Lipinski definition) is 3. The molecule has 1 saturated heterocycles. The molecule has 1 aliphatic rings. The molecule has 1 heterocycles. The monoisotopic (exact) mass is 200 g/mol. The number of esters is 1. The molecule has 0 aliphatic carbocycles. The number of ether oxygens (including phenoxy) is 1. The smallest absolute Gasteiger partial charge is 0.331 e. The van der Waals surface area contributed by atoms with Crippen molar-refractivity contribution in [2.45, 2.75) is 45.4 Å². The minimum atomic E-state index is -0.582. The number of amides is 2. The van der Waals surface area contributed by atoms with Crippen molar-refractivity contribution in [3.05, 3.63) is 0 Å². The molecular formula is C9H16N2O3. The first-order valence-corrected chi connectivity index (χ1v) is 4.59. The van der Waals surface area contributed by atoms with E-state index in [0.717, 1.165) is 0 Å². The van der Waals surface area contributed by atoms with Crippen LogP contribution in [0.1, 0.15) is 27.7 Å². The number of carbonyl (C=O) groups excluding carboxylic acids is 2. The van der Waals surface area contributed by atoms with Crippen LogP contribution in [0.25, 0.3) is 0 Å². The van der Waals surface area contributed by atoms with Gasteiger partial charge in [-0.2, -0.15) is 0 Å². The molecular weight excluding hydrogens is 184 g/mol. The van der Waals surface area contributed by atoms with Crippen molar-refractivity contribution in [3.8, 4) is 0 Å². The van der Waals surface area contributed by atoms with Crippen molar-refractivity contribution in [1.82, 2.24) is 10.6 Å². The van der Waals surface area contributed by atoms with Gasteiger partial charge < -0.3 is 15.4 Å². The number of hydrogen-bond donors (Lipinski definition) is 2. The molecule has 5 heteroatoms. The first-order valence-electron chi connectivity index (χ1n) is 4.59. The maximum Gasteiger partial charge on any atom is 0.331 e. The quantitative estimate of drug-likeness (QED) is 0.602. The van der Waals surface area contributed by atoms with Crippen LogP contribution in [0.4, 0.5) is 4.79 Å². The fourth-order valence-electron chi connectivity index (χ4n) is 1.23. The number of rotatable bonds is 1. The summed E-state index contributed by atoms with van der Waals surface area (Å²) in [5.74, 6) is -0.400. The number of carbonyl (C=O) groups is 2. The second kappa shape index (κ2) is 3.48. The van der Waals surface area contributed by atoms with Crippen molar-refractivity contribution < 1.29 is 14.3 Å². The van der Waals surface area contributed by atoms with Crippen LogP contribution < -0.4 is 10.6 Å². The van der Waals surface area contributed by atoms with Gasteiger partial charge in [0, 0.05) is 0 Å². The summed E-state index contributed by atoms with van der Waals surface area (Å²) >= 11 is 0. The molecule has 0 saturated carbocycles. The molecule has 1 aliphatic heterocycles. The van der Waals surface area contributed by atoms with Gasteiger partial charge >= 0.3 is 12.0 Å². The lowest BCUT2D eigenvalue weighted by Gasteiger charge is -2.22. The summed E-state index contributed by atoms with van der Waals surface area (Å²) in [6, 6.07) is -1.13. The van der Waals surface area contributed by atoms with E-state index in [2.05, 4.69) is 10.6 Å². The van der Waals surface area contributed by atoms with Crippen LogP contribution in [0.15, 0.2) is 0 Å². The minimum absolute atomic E-state index is 0.225. The highest BCUT2D eigenvalue weighted by Gasteiger charge is 2.36. The topological polar surface area (TPSA) is 67.4 Å². The summed E-state index contributed by atoms with van der Waals surface area (Å²) in [5, 5.41) is 5.08. The van der Waals surface area contributed by atoms with Crippen LogP contribution in [0.5, 0.6) is 0 Å². The Hall–Kier alpha value is -1.26. The van der Waals surface area contributed by atoms with Crippen LogP contribution in [0, 0.1) is 0 Å². The Morgan fingerprint density at radius 1 is 1.36 bits per heavy atom. The van der Waals surface area contributed by atoms with Gasteiger partial charge in [0.15, 0.2) is 0 Å². The van der Waals surface area contributed by atoms with E-state index in [1.54, 1.807) is 27.7 Å². The fraction of sp³-hybridized carbons (Fsp3) is 0.778. The second-order valence-corrected chi connectivity index (χ2v) is 4.42. The molecule has 0 unspecified atom stereocenters. The summed E-state index contributed by atoms with van der Waals surface area (Å²) in [6.07, 6.45) is 0. The van der Waals surface area contributed by atoms with Crippen molar-refractivity contribution in [3.63, 3.8) is 0 Å². The zero-order valence-corrected chi connectivity index (χ0v) is 8.88. The Bertz CT molecular complexity index is 257. The lowest BCUT2D eigenvalue weighted by molar-refractivity contribution is -0.157. The maximum atomic E-state index is 11.5. The first kappa shape index (κ1) is 10.8. The summed E-state index contributed by atoms with van der Waals surface area (Å²) in [6.45, 7) is 7.13. The van der Waals surface area contributed by atoms with Gasteiger partial charge in [0.1, 0.15) is 11.6 Å². The summed E-state index contributed by atoms with van der Waals surface area (Å²) < 4.78 is 5.15. The van der Waals surface area contributed by atoms with Crippen LogP contribution in [-0.2, 0) is 9.53 Å². The van der Waals surface area contributed by atoms with E-state index >= 15 is 0 Å². The summed E-state index contributed by atoms with van der Waals surface area (Å²) in [4.78, 5) is 22.4. The van der Waals surface area contributed by atoms with E-state index in [0.29, 0.717) is 0 Å². The largest absolute Gasteiger partial charge is 0.458 e. The SMILES string of the molecule is C[C@@H]1NC(=O)N[C@H]1C(=O)OC(C)(C)C. The van der Waals surface area contributed by atoms with Crippen LogP contribution in [0.3, 0.4) is 0 Å². The average Bonchev–Trinajstić information content (AvgIpc) is 2.26. The molecule has 0 radical (unpaired) electrons. The summed E-state index contributed by atoms with van der Waals surface area (Å²) in [5.41, 5.74) is -0.524. The zero-order valence-electron chi connectivity index (χ0n) is 8.88. The van der Waals surface area contributed by atoms with E-state index in [9.17, 15) is 9.59 Å². The predicted molar refractivity (Wildman–Crippen MR) is 50.8 cm³/mol. The van der Waals surface area contributed by atoms with Gasteiger partial charge in [-0.3, -0.25) is 0 Å².